The largest absolute Gasteiger partial charge is 0.347 e. The third kappa shape index (κ3) is 3.78. The van der Waals surface area contributed by atoms with E-state index in [9.17, 15) is 4.79 Å². The van der Waals surface area contributed by atoms with Gasteiger partial charge >= 0.3 is 0 Å². The van der Waals surface area contributed by atoms with Crippen LogP contribution in [-0.2, 0) is 6.54 Å². The van der Waals surface area contributed by atoms with Crippen molar-refractivity contribution in [2.75, 3.05) is 0 Å². The molecule has 3 aromatic rings. The molecule has 5 heteroatoms. The van der Waals surface area contributed by atoms with Crippen LogP contribution in [0.4, 0.5) is 0 Å². The summed E-state index contributed by atoms with van der Waals surface area (Å²) >= 11 is 5.89. The number of rotatable bonds is 4. The number of carbonyl (C=O) groups is 1. The van der Waals surface area contributed by atoms with Crippen LogP contribution in [-0.4, -0.2) is 15.9 Å². The van der Waals surface area contributed by atoms with Gasteiger partial charge in [0.1, 0.15) is 5.69 Å². The number of hydrogen-bond donors (Lipinski definition) is 1. The average Bonchev–Trinajstić information content (AvgIpc) is 2.61. The van der Waals surface area contributed by atoms with Crippen LogP contribution in [0.25, 0.3) is 11.3 Å². The molecule has 0 aliphatic rings. The maximum atomic E-state index is 12.3. The van der Waals surface area contributed by atoms with Crippen molar-refractivity contribution >= 4 is 17.5 Å². The fraction of sp³-hybridized carbons (Fsp3) is 0.105. The molecule has 0 saturated heterocycles. The number of carbonyl (C=O) groups excluding carboxylic acids is 1. The molecule has 0 saturated carbocycles. The van der Waals surface area contributed by atoms with Gasteiger partial charge in [0.2, 0.25) is 0 Å². The highest BCUT2D eigenvalue weighted by atomic mass is 35.5. The van der Waals surface area contributed by atoms with E-state index in [1.54, 1.807) is 18.3 Å². The first kappa shape index (κ1) is 16.1. The molecule has 120 valence electrons. The highest BCUT2D eigenvalue weighted by molar-refractivity contribution is 6.30. The second kappa shape index (κ2) is 7.23. The lowest BCUT2D eigenvalue weighted by atomic mass is 10.1. The molecule has 1 heterocycles. The first-order valence-corrected chi connectivity index (χ1v) is 7.92. The molecule has 0 bridgehead atoms. The number of aromatic nitrogens is 2. The first-order valence-electron chi connectivity index (χ1n) is 7.54. The van der Waals surface area contributed by atoms with Gasteiger partial charge in [-0.05, 0) is 30.2 Å². The van der Waals surface area contributed by atoms with Crippen molar-refractivity contribution in [1.29, 1.82) is 0 Å². The summed E-state index contributed by atoms with van der Waals surface area (Å²) in [5.74, 6) is -0.249. The Morgan fingerprint density at radius 2 is 1.83 bits per heavy atom. The third-order valence-corrected chi connectivity index (χ3v) is 3.96. The van der Waals surface area contributed by atoms with Crippen LogP contribution >= 0.6 is 11.6 Å². The minimum absolute atomic E-state index is 0.249. The summed E-state index contributed by atoms with van der Waals surface area (Å²) in [5, 5.41) is 3.53. The second-order valence-corrected chi connectivity index (χ2v) is 5.84. The molecule has 0 fully saturated rings. The van der Waals surface area contributed by atoms with E-state index in [1.807, 2.05) is 43.3 Å². The molecule has 1 aromatic heterocycles. The van der Waals surface area contributed by atoms with E-state index >= 15 is 0 Å². The minimum Gasteiger partial charge on any atom is -0.347 e. The highest BCUT2D eigenvalue weighted by Crippen LogP contribution is 2.19. The highest BCUT2D eigenvalue weighted by Gasteiger charge is 2.10. The number of benzene rings is 2. The van der Waals surface area contributed by atoms with Crippen molar-refractivity contribution in [2.45, 2.75) is 13.5 Å². The molecule has 2 aromatic carbocycles. The summed E-state index contributed by atoms with van der Waals surface area (Å²) in [6.07, 6.45) is 3.09. The number of aryl methyl sites for hydroxylation is 1. The molecule has 1 N–H and O–H groups in total. The van der Waals surface area contributed by atoms with Crippen LogP contribution in [0.3, 0.4) is 0 Å². The number of nitrogens with zero attached hydrogens (tertiary/aromatic N) is 2. The zero-order chi connectivity index (χ0) is 16.9. The van der Waals surface area contributed by atoms with Crippen molar-refractivity contribution in [3.05, 3.63) is 82.8 Å². The molecule has 0 unspecified atom stereocenters. The summed E-state index contributed by atoms with van der Waals surface area (Å²) in [5.41, 5.74) is 4.00. The quantitative estimate of drug-likeness (QED) is 0.781. The summed E-state index contributed by atoms with van der Waals surface area (Å²) in [6, 6.07) is 15.2. The standard InChI is InChI=1S/C19H16ClN3O/c1-13-4-2-3-5-15(13)10-22-19(24)18-12-21-11-17(23-18)14-6-8-16(20)9-7-14/h2-9,11-12H,10H2,1H3,(H,22,24). The fourth-order valence-corrected chi connectivity index (χ4v) is 2.44. The Labute approximate surface area is 145 Å². The van der Waals surface area contributed by atoms with Gasteiger partial charge in [-0.25, -0.2) is 4.98 Å². The smallest absolute Gasteiger partial charge is 0.271 e. The summed E-state index contributed by atoms with van der Waals surface area (Å²) in [4.78, 5) is 20.8. The van der Waals surface area contributed by atoms with Crippen LogP contribution in [0.15, 0.2) is 60.9 Å². The monoisotopic (exact) mass is 337 g/mol. The van der Waals surface area contributed by atoms with Gasteiger partial charge in [-0.2, -0.15) is 0 Å². The third-order valence-electron chi connectivity index (χ3n) is 3.71. The molecular formula is C19H16ClN3O. The van der Waals surface area contributed by atoms with Crippen molar-refractivity contribution < 1.29 is 4.79 Å². The van der Waals surface area contributed by atoms with Crippen molar-refractivity contribution in [1.82, 2.24) is 15.3 Å². The van der Waals surface area contributed by atoms with Crippen LogP contribution < -0.4 is 5.32 Å². The van der Waals surface area contributed by atoms with E-state index in [1.165, 1.54) is 6.20 Å². The van der Waals surface area contributed by atoms with Crippen molar-refractivity contribution in [3.8, 4) is 11.3 Å². The Hall–Kier alpha value is -2.72. The number of halogens is 1. The summed E-state index contributed by atoms with van der Waals surface area (Å²) in [6.45, 7) is 2.47. The molecule has 0 aliphatic heterocycles. The van der Waals surface area contributed by atoms with E-state index in [0.717, 1.165) is 16.7 Å². The maximum absolute atomic E-state index is 12.3. The fourth-order valence-electron chi connectivity index (χ4n) is 2.31. The second-order valence-electron chi connectivity index (χ2n) is 5.41. The van der Waals surface area contributed by atoms with E-state index in [2.05, 4.69) is 15.3 Å². The van der Waals surface area contributed by atoms with Crippen molar-refractivity contribution in [2.24, 2.45) is 0 Å². The van der Waals surface area contributed by atoms with Crippen LogP contribution in [0.1, 0.15) is 21.6 Å². The van der Waals surface area contributed by atoms with Gasteiger partial charge in [0.05, 0.1) is 18.1 Å². The minimum atomic E-state index is -0.249. The first-order chi connectivity index (χ1) is 11.6. The van der Waals surface area contributed by atoms with Gasteiger partial charge in [-0.15, -0.1) is 0 Å². The molecule has 0 aliphatic carbocycles. The molecule has 24 heavy (non-hydrogen) atoms. The Balaban J connectivity index is 1.75. The number of amides is 1. The van der Waals surface area contributed by atoms with E-state index in [0.29, 0.717) is 17.3 Å². The van der Waals surface area contributed by atoms with Gasteiger partial charge in [0.15, 0.2) is 0 Å². The molecule has 3 rings (SSSR count). The Bertz CT molecular complexity index is 862. The molecule has 0 spiro atoms. The van der Waals surface area contributed by atoms with Gasteiger partial charge in [0.25, 0.3) is 5.91 Å². The normalized spacial score (nSPS) is 10.4. The van der Waals surface area contributed by atoms with Gasteiger partial charge < -0.3 is 5.32 Å². The van der Waals surface area contributed by atoms with Crippen LogP contribution in [0.5, 0.6) is 0 Å². The zero-order valence-corrected chi connectivity index (χ0v) is 13.9. The predicted octanol–water partition coefficient (Wildman–Crippen LogP) is 4.04. The number of hydrogen-bond acceptors (Lipinski definition) is 3. The van der Waals surface area contributed by atoms with E-state index < -0.39 is 0 Å². The predicted molar refractivity (Wildman–Crippen MR) is 94.8 cm³/mol. The molecule has 0 radical (unpaired) electrons. The lowest BCUT2D eigenvalue weighted by molar-refractivity contribution is 0.0945. The summed E-state index contributed by atoms with van der Waals surface area (Å²) < 4.78 is 0. The molecular weight excluding hydrogens is 322 g/mol. The van der Waals surface area contributed by atoms with Gasteiger partial charge in [-0.1, -0.05) is 48.0 Å². The molecule has 1 amide bonds. The van der Waals surface area contributed by atoms with Crippen LogP contribution in [0.2, 0.25) is 5.02 Å². The van der Waals surface area contributed by atoms with Crippen LogP contribution in [0, 0.1) is 6.92 Å². The topological polar surface area (TPSA) is 54.9 Å². The van der Waals surface area contributed by atoms with Crippen molar-refractivity contribution in [3.63, 3.8) is 0 Å². The lowest BCUT2D eigenvalue weighted by Crippen LogP contribution is -2.24. The van der Waals surface area contributed by atoms with E-state index in [-0.39, 0.29) is 11.6 Å². The van der Waals surface area contributed by atoms with Gasteiger partial charge in [0, 0.05) is 17.1 Å². The molecule has 4 nitrogen and oxygen atoms in total. The Morgan fingerprint density at radius 3 is 2.58 bits per heavy atom. The summed E-state index contributed by atoms with van der Waals surface area (Å²) in [7, 11) is 0. The SMILES string of the molecule is Cc1ccccc1CNC(=O)c1cncc(-c2ccc(Cl)cc2)n1. The lowest BCUT2D eigenvalue weighted by Gasteiger charge is -2.08. The average molecular weight is 338 g/mol. The molecule has 0 atom stereocenters. The zero-order valence-electron chi connectivity index (χ0n) is 13.2. The number of nitrogens with one attached hydrogen (secondary N) is 1. The Kier molecular flexibility index (Phi) is 4.87. The maximum Gasteiger partial charge on any atom is 0.271 e. The Morgan fingerprint density at radius 1 is 1.08 bits per heavy atom. The van der Waals surface area contributed by atoms with E-state index in [4.69, 9.17) is 11.6 Å². The van der Waals surface area contributed by atoms with Gasteiger partial charge in [-0.3, -0.25) is 9.78 Å².